The van der Waals surface area contributed by atoms with Crippen LogP contribution in [0.25, 0.3) is 21.7 Å². The predicted octanol–water partition coefficient (Wildman–Crippen LogP) is 5.55. The number of thiazole rings is 1. The number of carbonyl (C=O) groups is 1. The minimum Gasteiger partial charge on any atom is -0.465 e. The summed E-state index contributed by atoms with van der Waals surface area (Å²) in [7, 11) is 0. The lowest BCUT2D eigenvalue weighted by Gasteiger charge is -2.13. The van der Waals surface area contributed by atoms with Crippen LogP contribution < -0.4 is 5.56 Å². The van der Waals surface area contributed by atoms with E-state index in [4.69, 9.17) is 21.9 Å². The molecule has 0 fully saturated rings. The molecular formula is C24H23N3O3S3. The third kappa shape index (κ3) is 4.66. The molecule has 4 aromatic rings. The normalized spacial score (nSPS) is 11.2. The molecule has 0 aliphatic carbocycles. The third-order valence-electron chi connectivity index (χ3n) is 5.24. The van der Waals surface area contributed by atoms with Crippen LogP contribution in [0.2, 0.25) is 0 Å². The van der Waals surface area contributed by atoms with Crippen LogP contribution in [0.5, 0.6) is 0 Å². The first-order valence-electron chi connectivity index (χ1n) is 10.4. The van der Waals surface area contributed by atoms with E-state index in [2.05, 4.69) is 0 Å². The highest BCUT2D eigenvalue weighted by Crippen LogP contribution is 2.28. The predicted molar refractivity (Wildman–Crippen MR) is 137 cm³/mol. The monoisotopic (exact) mass is 497 g/mol. The van der Waals surface area contributed by atoms with E-state index >= 15 is 0 Å². The molecule has 4 rings (SSSR count). The molecule has 0 bridgehead atoms. The summed E-state index contributed by atoms with van der Waals surface area (Å²) >= 11 is 8.07. The molecule has 0 amide bonds. The number of hydrogen-bond donors (Lipinski definition) is 0. The number of carbonyl (C=O) groups excluding carboxylic acids is 1. The van der Waals surface area contributed by atoms with Crippen molar-refractivity contribution in [3.63, 3.8) is 0 Å². The van der Waals surface area contributed by atoms with Gasteiger partial charge in [0.05, 0.1) is 18.0 Å². The first-order valence-corrected chi connectivity index (χ1v) is 12.6. The Kier molecular flexibility index (Phi) is 6.83. The number of hydrogen-bond acceptors (Lipinski definition) is 7. The lowest BCUT2D eigenvalue weighted by atomic mass is 10.1. The van der Waals surface area contributed by atoms with Gasteiger partial charge in [0.2, 0.25) is 0 Å². The van der Waals surface area contributed by atoms with Crippen molar-refractivity contribution < 1.29 is 9.53 Å². The molecule has 0 saturated carbocycles. The van der Waals surface area contributed by atoms with Gasteiger partial charge >= 0.3 is 5.97 Å². The summed E-state index contributed by atoms with van der Waals surface area (Å²) in [6.07, 6.45) is 0. The van der Waals surface area contributed by atoms with Crippen molar-refractivity contribution in [1.29, 1.82) is 0 Å². The lowest BCUT2D eigenvalue weighted by molar-refractivity contribution is -0.139. The van der Waals surface area contributed by atoms with E-state index in [1.807, 2.05) is 67.8 Å². The Hall–Kier alpha value is -2.75. The topological polar surface area (TPSA) is 66.1 Å². The molecular weight excluding hydrogens is 474 g/mol. The van der Waals surface area contributed by atoms with E-state index in [9.17, 15) is 9.59 Å². The van der Waals surface area contributed by atoms with Crippen LogP contribution in [0.3, 0.4) is 0 Å². The summed E-state index contributed by atoms with van der Waals surface area (Å²) in [5.74, 6) is -0.310. The molecule has 0 atom stereocenters. The molecule has 170 valence electrons. The second kappa shape index (κ2) is 9.62. The summed E-state index contributed by atoms with van der Waals surface area (Å²) in [4.78, 5) is 30.5. The van der Waals surface area contributed by atoms with Crippen LogP contribution in [0.15, 0.2) is 52.4 Å². The molecule has 33 heavy (non-hydrogen) atoms. The van der Waals surface area contributed by atoms with Gasteiger partial charge in [-0.2, -0.15) is 0 Å². The molecule has 2 aromatic heterocycles. The molecule has 2 heterocycles. The number of thioether (sulfide) groups is 1. The van der Waals surface area contributed by atoms with Crippen molar-refractivity contribution in [2.45, 2.75) is 32.9 Å². The highest BCUT2D eigenvalue weighted by molar-refractivity contribution is 7.99. The maximum Gasteiger partial charge on any atom is 0.316 e. The smallest absolute Gasteiger partial charge is 0.316 e. The number of fused-ring (bicyclic) bond motifs is 1. The highest BCUT2D eigenvalue weighted by atomic mass is 32.2. The fourth-order valence-electron chi connectivity index (χ4n) is 3.37. The number of aromatic nitrogens is 3. The number of benzene rings is 2. The van der Waals surface area contributed by atoms with E-state index in [1.165, 1.54) is 28.7 Å². The Bertz CT molecular complexity index is 1470. The van der Waals surface area contributed by atoms with Gasteiger partial charge in [-0.05, 0) is 75.3 Å². The molecule has 0 unspecified atom stereocenters. The van der Waals surface area contributed by atoms with E-state index < -0.39 is 0 Å². The van der Waals surface area contributed by atoms with Crippen LogP contribution in [0.4, 0.5) is 0 Å². The van der Waals surface area contributed by atoms with E-state index in [-0.39, 0.29) is 17.3 Å². The molecule has 0 N–H and O–H groups in total. The largest absolute Gasteiger partial charge is 0.465 e. The first kappa shape index (κ1) is 23.4. The van der Waals surface area contributed by atoms with Gasteiger partial charge in [0.15, 0.2) is 14.8 Å². The number of aryl methyl sites for hydroxylation is 3. The average Bonchev–Trinajstić information content (AvgIpc) is 3.11. The Morgan fingerprint density at radius 1 is 1.06 bits per heavy atom. The van der Waals surface area contributed by atoms with Gasteiger partial charge < -0.3 is 4.74 Å². The van der Waals surface area contributed by atoms with Crippen molar-refractivity contribution in [2.24, 2.45) is 0 Å². The Morgan fingerprint density at radius 2 is 1.76 bits per heavy atom. The zero-order valence-corrected chi connectivity index (χ0v) is 21.2. The summed E-state index contributed by atoms with van der Waals surface area (Å²) in [6, 6.07) is 13.7. The van der Waals surface area contributed by atoms with E-state index in [1.54, 1.807) is 11.5 Å². The van der Waals surface area contributed by atoms with Crippen LogP contribution in [-0.2, 0) is 9.53 Å². The SMILES string of the molecule is CCOC(=O)CSc1nc2c(sc(=S)n2-c2ccc(C)c(C)c2)c(=O)n1-c1ccc(C)cc1. The number of rotatable bonds is 6. The molecule has 6 nitrogen and oxygen atoms in total. The van der Waals surface area contributed by atoms with Gasteiger partial charge in [-0.15, -0.1) is 0 Å². The molecule has 0 saturated heterocycles. The molecule has 0 aliphatic heterocycles. The summed E-state index contributed by atoms with van der Waals surface area (Å²) in [5.41, 5.74) is 5.20. The second-order valence-corrected chi connectivity index (χ2v) is 10.2. The fraction of sp³-hybridized carbons (Fsp3) is 0.250. The molecule has 9 heteroatoms. The Balaban J connectivity index is 1.96. The van der Waals surface area contributed by atoms with Gasteiger partial charge in [-0.1, -0.05) is 46.9 Å². The maximum absolute atomic E-state index is 13.7. The van der Waals surface area contributed by atoms with Crippen molar-refractivity contribution in [3.8, 4) is 11.4 Å². The van der Waals surface area contributed by atoms with Crippen LogP contribution in [0, 0.1) is 24.7 Å². The van der Waals surface area contributed by atoms with Crippen molar-refractivity contribution in [1.82, 2.24) is 14.1 Å². The van der Waals surface area contributed by atoms with E-state index in [0.29, 0.717) is 31.8 Å². The molecule has 0 spiro atoms. The summed E-state index contributed by atoms with van der Waals surface area (Å²) in [6.45, 7) is 8.13. The van der Waals surface area contributed by atoms with Gasteiger partial charge in [-0.3, -0.25) is 18.7 Å². The van der Waals surface area contributed by atoms with Crippen molar-refractivity contribution >= 4 is 51.6 Å². The van der Waals surface area contributed by atoms with Crippen LogP contribution in [-0.4, -0.2) is 32.4 Å². The minimum atomic E-state index is -0.358. The first-order chi connectivity index (χ1) is 15.8. The average molecular weight is 498 g/mol. The number of nitrogens with zero attached hydrogens (tertiary/aromatic N) is 3. The fourth-order valence-corrected chi connectivity index (χ4v) is 5.48. The van der Waals surface area contributed by atoms with Crippen LogP contribution >= 0.6 is 35.3 Å². The Morgan fingerprint density at radius 3 is 2.42 bits per heavy atom. The zero-order chi connectivity index (χ0) is 23.7. The number of ether oxygens (including phenoxy) is 1. The standard InChI is InChI=1S/C24H23N3O3S3/c1-5-30-19(28)13-32-23-25-21-20(22(29)27(23)17-9-6-14(2)7-10-17)33-24(31)26(21)18-11-8-15(3)16(4)12-18/h6-12H,5,13H2,1-4H3. The van der Waals surface area contributed by atoms with Crippen LogP contribution in [0.1, 0.15) is 23.6 Å². The van der Waals surface area contributed by atoms with Crippen molar-refractivity contribution in [2.75, 3.05) is 12.4 Å². The summed E-state index contributed by atoms with van der Waals surface area (Å²) in [5, 5.41) is 0.412. The second-order valence-electron chi connectivity index (χ2n) is 7.59. The molecule has 0 aliphatic rings. The summed E-state index contributed by atoms with van der Waals surface area (Å²) < 4.78 is 9.46. The van der Waals surface area contributed by atoms with Gasteiger partial charge in [0.1, 0.15) is 4.70 Å². The maximum atomic E-state index is 13.7. The van der Waals surface area contributed by atoms with E-state index in [0.717, 1.165) is 16.8 Å². The highest BCUT2D eigenvalue weighted by Gasteiger charge is 2.20. The van der Waals surface area contributed by atoms with Gasteiger partial charge in [0.25, 0.3) is 5.56 Å². The minimum absolute atomic E-state index is 0.0478. The van der Waals surface area contributed by atoms with Gasteiger partial charge in [-0.25, -0.2) is 4.98 Å². The lowest BCUT2D eigenvalue weighted by Crippen LogP contribution is -2.22. The quantitative estimate of drug-likeness (QED) is 0.151. The Labute approximate surface area is 204 Å². The van der Waals surface area contributed by atoms with Crippen molar-refractivity contribution in [3.05, 3.63) is 73.5 Å². The molecule has 0 radical (unpaired) electrons. The van der Waals surface area contributed by atoms with Gasteiger partial charge in [0, 0.05) is 5.69 Å². The zero-order valence-electron chi connectivity index (χ0n) is 18.7. The third-order valence-corrected chi connectivity index (χ3v) is 7.51. The molecule has 2 aromatic carbocycles. The number of esters is 1.